The molecule has 3 aromatic rings. The third-order valence-corrected chi connectivity index (χ3v) is 6.70. The Bertz CT molecular complexity index is 1210. The van der Waals surface area contributed by atoms with Crippen LogP contribution in [-0.2, 0) is 4.79 Å². The van der Waals surface area contributed by atoms with Crippen LogP contribution >= 0.6 is 0 Å². The first kappa shape index (κ1) is 23.0. The number of likely N-dealkylation sites (tertiary alicyclic amines) is 1. The van der Waals surface area contributed by atoms with Crippen molar-refractivity contribution >= 4 is 23.3 Å². The monoisotopic (exact) mass is 477 g/mol. The van der Waals surface area contributed by atoms with Crippen LogP contribution in [0.1, 0.15) is 34.7 Å². The van der Waals surface area contributed by atoms with E-state index in [9.17, 15) is 18.4 Å². The molecule has 2 amide bonds. The lowest BCUT2D eigenvalue weighted by molar-refractivity contribution is -0.123. The Morgan fingerprint density at radius 1 is 1.00 bits per heavy atom. The van der Waals surface area contributed by atoms with E-state index in [0.717, 1.165) is 36.2 Å². The second-order valence-electron chi connectivity index (χ2n) is 8.89. The van der Waals surface area contributed by atoms with Gasteiger partial charge in [0.15, 0.2) is 5.82 Å². The van der Waals surface area contributed by atoms with Gasteiger partial charge in [0.1, 0.15) is 11.6 Å². The highest BCUT2D eigenvalue weighted by atomic mass is 19.1. The van der Waals surface area contributed by atoms with Crippen molar-refractivity contribution in [1.82, 2.24) is 20.4 Å². The molecule has 35 heavy (non-hydrogen) atoms. The molecule has 0 aliphatic carbocycles. The van der Waals surface area contributed by atoms with Crippen molar-refractivity contribution in [2.75, 3.05) is 31.1 Å². The van der Waals surface area contributed by atoms with E-state index in [4.69, 9.17) is 0 Å². The molecule has 0 spiro atoms. The van der Waals surface area contributed by atoms with Crippen molar-refractivity contribution in [2.45, 2.75) is 18.8 Å². The summed E-state index contributed by atoms with van der Waals surface area (Å²) in [6, 6.07) is 14.4. The second-order valence-corrected chi connectivity index (χ2v) is 8.89. The minimum Gasteiger partial charge on any atom is -0.339 e. The van der Waals surface area contributed by atoms with Gasteiger partial charge in [-0.1, -0.05) is 12.1 Å². The molecule has 2 aromatic carbocycles. The highest BCUT2D eigenvalue weighted by Crippen LogP contribution is 2.32. The van der Waals surface area contributed by atoms with Crippen LogP contribution in [0.2, 0.25) is 0 Å². The van der Waals surface area contributed by atoms with Gasteiger partial charge in [0.25, 0.3) is 5.91 Å². The van der Waals surface area contributed by atoms with E-state index in [2.05, 4.69) is 15.5 Å². The molecule has 7 nitrogen and oxygen atoms in total. The summed E-state index contributed by atoms with van der Waals surface area (Å²) in [6.07, 6.45) is 3.03. The quantitative estimate of drug-likeness (QED) is 0.607. The number of hydrogen-bond acceptors (Lipinski definition) is 5. The standard InChI is InChI=1S/C26H25F2N5O2/c27-20-5-8-22(23(28)14-20)26(35)32-12-9-18(10-13-32)17-3-6-21(7-4-17)33(24-2-1-11-30-31-24)25(34)19-15-29-16-19/h1-8,11,14,18-19,29H,9-10,12-13,15-16H2. The van der Waals surface area contributed by atoms with Gasteiger partial charge in [0.2, 0.25) is 5.91 Å². The molecule has 0 saturated carbocycles. The van der Waals surface area contributed by atoms with Crippen LogP contribution in [0.3, 0.4) is 0 Å². The Morgan fingerprint density at radius 2 is 1.74 bits per heavy atom. The smallest absolute Gasteiger partial charge is 0.256 e. The molecule has 2 aliphatic rings. The molecule has 2 fully saturated rings. The van der Waals surface area contributed by atoms with Crippen molar-refractivity contribution in [1.29, 1.82) is 0 Å². The number of aromatic nitrogens is 2. The molecule has 5 rings (SSSR count). The highest BCUT2D eigenvalue weighted by Gasteiger charge is 2.32. The van der Waals surface area contributed by atoms with Crippen molar-refractivity contribution in [3.8, 4) is 0 Å². The third-order valence-electron chi connectivity index (χ3n) is 6.70. The molecule has 0 bridgehead atoms. The summed E-state index contributed by atoms with van der Waals surface area (Å²) in [7, 11) is 0. The van der Waals surface area contributed by atoms with Gasteiger partial charge >= 0.3 is 0 Å². The largest absolute Gasteiger partial charge is 0.339 e. The zero-order valence-corrected chi connectivity index (χ0v) is 19.0. The van der Waals surface area contributed by atoms with Crippen molar-refractivity contribution < 1.29 is 18.4 Å². The number of anilines is 2. The first-order valence-corrected chi connectivity index (χ1v) is 11.7. The number of piperidine rings is 1. The summed E-state index contributed by atoms with van der Waals surface area (Å²) in [4.78, 5) is 29.0. The van der Waals surface area contributed by atoms with E-state index < -0.39 is 17.5 Å². The molecule has 1 N–H and O–H groups in total. The minimum atomic E-state index is -0.840. The maximum Gasteiger partial charge on any atom is 0.256 e. The van der Waals surface area contributed by atoms with Gasteiger partial charge in [-0.2, -0.15) is 5.10 Å². The average molecular weight is 478 g/mol. The maximum atomic E-state index is 14.0. The van der Waals surface area contributed by atoms with E-state index in [1.807, 2.05) is 24.3 Å². The number of rotatable bonds is 5. The lowest BCUT2D eigenvalue weighted by Crippen LogP contribution is -2.51. The maximum absolute atomic E-state index is 14.0. The van der Waals surface area contributed by atoms with Crippen LogP contribution in [0, 0.1) is 17.6 Å². The summed E-state index contributed by atoms with van der Waals surface area (Å²) >= 11 is 0. The molecule has 2 saturated heterocycles. The topological polar surface area (TPSA) is 78.4 Å². The summed E-state index contributed by atoms with van der Waals surface area (Å²) in [6.45, 7) is 2.27. The number of carbonyl (C=O) groups is 2. The van der Waals surface area contributed by atoms with Gasteiger partial charge < -0.3 is 10.2 Å². The molecule has 1 aromatic heterocycles. The molecule has 9 heteroatoms. The summed E-state index contributed by atoms with van der Waals surface area (Å²) < 4.78 is 27.2. The Hall–Kier alpha value is -3.72. The Balaban J connectivity index is 1.27. The second kappa shape index (κ2) is 9.87. The third kappa shape index (κ3) is 4.77. The van der Waals surface area contributed by atoms with Crippen molar-refractivity contribution in [3.63, 3.8) is 0 Å². The predicted octanol–water partition coefficient (Wildman–Crippen LogP) is 3.66. The average Bonchev–Trinajstić information content (AvgIpc) is 2.84. The number of halogens is 2. The van der Waals surface area contributed by atoms with Crippen LogP contribution in [0.5, 0.6) is 0 Å². The number of hydrogen-bond donors (Lipinski definition) is 1. The van der Waals surface area contributed by atoms with E-state index in [1.165, 1.54) is 6.07 Å². The van der Waals surface area contributed by atoms with Crippen molar-refractivity contribution in [3.05, 3.63) is 83.6 Å². The zero-order valence-electron chi connectivity index (χ0n) is 19.0. The molecule has 3 heterocycles. The van der Waals surface area contributed by atoms with Crippen LogP contribution in [-0.4, -0.2) is 53.1 Å². The molecule has 0 atom stereocenters. The van der Waals surface area contributed by atoms with Gasteiger partial charge in [-0.15, -0.1) is 5.10 Å². The van der Waals surface area contributed by atoms with Crippen LogP contribution in [0.25, 0.3) is 0 Å². The van der Waals surface area contributed by atoms with Crippen LogP contribution in [0.4, 0.5) is 20.3 Å². The first-order valence-electron chi connectivity index (χ1n) is 11.7. The SMILES string of the molecule is O=C(c1ccc(F)cc1F)N1CCC(c2ccc(N(C(=O)C3CNC3)c3cccnn3)cc2)CC1. The predicted molar refractivity (Wildman–Crippen MR) is 126 cm³/mol. The van der Waals surface area contributed by atoms with Crippen LogP contribution in [0.15, 0.2) is 60.8 Å². The number of benzene rings is 2. The minimum absolute atomic E-state index is 0.0168. The Labute approximate surface area is 201 Å². The normalized spacial score (nSPS) is 16.6. The van der Waals surface area contributed by atoms with E-state index in [1.54, 1.807) is 28.1 Å². The van der Waals surface area contributed by atoms with E-state index in [-0.39, 0.29) is 23.3 Å². The summed E-state index contributed by atoms with van der Waals surface area (Å²) in [5.41, 5.74) is 1.74. The summed E-state index contributed by atoms with van der Waals surface area (Å²) in [5, 5.41) is 11.2. The lowest BCUT2D eigenvalue weighted by Gasteiger charge is -2.33. The number of amides is 2. The van der Waals surface area contributed by atoms with Gasteiger partial charge in [-0.25, -0.2) is 8.78 Å². The molecular weight excluding hydrogens is 452 g/mol. The van der Waals surface area contributed by atoms with Crippen LogP contribution < -0.4 is 10.2 Å². The first-order chi connectivity index (χ1) is 17.0. The fourth-order valence-electron chi connectivity index (χ4n) is 4.58. The number of nitrogens with one attached hydrogen (secondary N) is 1. The fourth-order valence-corrected chi connectivity index (χ4v) is 4.58. The number of carbonyl (C=O) groups excluding carboxylic acids is 2. The fraction of sp³-hybridized carbons (Fsp3) is 0.308. The van der Waals surface area contributed by atoms with Gasteiger partial charge in [0, 0.05) is 38.4 Å². The molecular formula is C26H25F2N5O2. The number of nitrogens with zero attached hydrogens (tertiary/aromatic N) is 4. The van der Waals surface area contributed by atoms with Crippen molar-refractivity contribution in [2.24, 2.45) is 5.92 Å². The zero-order chi connectivity index (χ0) is 24.4. The summed E-state index contributed by atoms with van der Waals surface area (Å²) in [5.74, 6) is -1.35. The molecule has 0 radical (unpaired) electrons. The Morgan fingerprint density at radius 3 is 2.34 bits per heavy atom. The van der Waals surface area contributed by atoms with E-state index >= 15 is 0 Å². The highest BCUT2D eigenvalue weighted by molar-refractivity contribution is 6.01. The molecule has 180 valence electrons. The van der Waals surface area contributed by atoms with Gasteiger partial charge in [-0.05, 0) is 60.7 Å². The molecule has 2 aliphatic heterocycles. The van der Waals surface area contributed by atoms with Gasteiger partial charge in [-0.3, -0.25) is 14.5 Å². The Kier molecular flexibility index (Phi) is 6.50. The lowest BCUT2D eigenvalue weighted by atomic mass is 9.89. The van der Waals surface area contributed by atoms with E-state index in [0.29, 0.717) is 32.0 Å². The van der Waals surface area contributed by atoms with Gasteiger partial charge in [0.05, 0.1) is 17.2 Å². The molecule has 0 unspecified atom stereocenters.